The van der Waals surface area contributed by atoms with E-state index in [2.05, 4.69) is 15.4 Å². The lowest BCUT2D eigenvalue weighted by Gasteiger charge is -2.33. The minimum absolute atomic E-state index is 0.0214. The Morgan fingerprint density at radius 1 is 1.44 bits per heavy atom. The molecule has 2 rings (SSSR count). The third-order valence-electron chi connectivity index (χ3n) is 3.92. The zero-order valence-electron chi connectivity index (χ0n) is 10.9. The van der Waals surface area contributed by atoms with Crippen molar-refractivity contribution in [2.75, 3.05) is 33.3 Å². The molecule has 2 aliphatic heterocycles. The maximum absolute atomic E-state index is 12.2. The van der Waals surface area contributed by atoms with E-state index >= 15 is 0 Å². The fourth-order valence-corrected chi connectivity index (χ4v) is 2.46. The molecule has 2 amide bonds. The molecule has 18 heavy (non-hydrogen) atoms. The molecule has 0 aromatic rings. The van der Waals surface area contributed by atoms with Crippen LogP contribution < -0.4 is 10.6 Å². The number of hydrogen-bond donors (Lipinski definition) is 2. The van der Waals surface area contributed by atoms with Gasteiger partial charge in [-0.2, -0.15) is 0 Å². The highest BCUT2D eigenvalue weighted by Gasteiger charge is 2.35. The predicted octanol–water partition coefficient (Wildman–Crippen LogP) is -0.201. The average Bonchev–Trinajstić information content (AvgIpc) is 2.73. The predicted molar refractivity (Wildman–Crippen MR) is 66.0 cm³/mol. The van der Waals surface area contributed by atoms with Gasteiger partial charge >= 0.3 is 6.09 Å². The smallest absolute Gasteiger partial charge is 0.407 e. The van der Waals surface area contributed by atoms with Gasteiger partial charge < -0.3 is 20.3 Å². The van der Waals surface area contributed by atoms with Gasteiger partial charge in [-0.1, -0.05) is 6.92 Å². The van der Waals surface area contributed by atoms with Crippen molar-refractivity contribution in [3.63, 3.8) is 0 Å². The summed E-state index contributed by atoms with van der Waals surface area (Å²) in [6.07, 6.45) is 0.377. The molecule has 0 bridgehead atoms. The van der Waals surface area contributed by atoms with Crippen LogP contribution in [0.15, 0.2) is 0 Å². The molecule has 2 unspecified atom stereocenters. The second kappa shape index (κ2) is 5.56. The molecule has 0 aromatic carbocycles. The van der Waals surface area contributed by atoms with Gasteiger partial charge in [0.05, 0.1) is 13.2 Å². The summed E-state index contributed by atoms with van der Waals surface area (Å²) in [5.74, 6) is 0.740. The molecule has 0 aromatic heterocycles. The fraction of sp³-hybridized carbons (Fsp3) is 0.833. The first-order valence-corrected chi connectivity index (χ1v) is 6.45. The quantitative estimate of drug-likeness (QED) is 0.732. The molecule has 6 heteroatoms. The molecular weight excluding hydrogens is 234 g/mol. The van der Waals surface area contributed by atoms with Crippen molar-refractivity contribution in [3.8, 4) is 0 Å². The first-order valence-electron chi connectivity index (χ1n) is 6.45. The Labute approximate surface area is 107 Å². The number of carbonyl (C=O) groups is 2. The number of methoxy groups -OCH3 is 1. The lowest BCUT2D eigenvalue weighted by atomic mass is 9.88. The Bertz CT molecular complexity index is 331. The minimum Gasteiger partial charge on any atom is -0.453 e. The molecule has 2 fully saturated rings. The molecule has 2 atom stereocenters. The summed E-state index contributed by atoms with van der Waals surface area (Å²) >= 11 is 0. The molecule has 2 heterocycles. The summed E-state index contributed by atoms with van der Waals surface area (Å²) in [5.41, 5.74) is 0. The van der Waals surface area contributed by atoms with Crippen LogP contribution in [0.3, 0.4) is 0 Å². The van der Waals surface area contributed by atoms with E-state index < -0.39 is 6.09 Å². The highest BCUT2D eigenvalue weighted by atomic mass is 16.5. The van der Waals surface area contributed by atoms with Crippen LogP contribution in [0.25, 0.3) is 0 Å². The van der Waals surface area contributed by atoms with Crippen LogP contribution in [-0.4, -0.2) is 56.2 Å². The van der Waals surface area contributed by atoms with Gasteiger partial charge in [0.15, 0.2) is 0 Å². The Morgan fingerprint density at radius 3 is 2.72 bits per heavy atom. The van der Waals surface area contributed by atoms with E-state index in [4.69, 9.17) is 0 Å². The van der Waals surface area contributed by atoms with Crippen LogP contribution in [0.5, 0.6) is 0 Å². The fourth-order valence-electron chi connectivity index (χ4n) is 2.46. The molecule has 0 aliphatic carbocycles. The zero-order valence-corrected chi connectivity index (χ0v) is 10.9. The molecule has 2 saturated heterocycles. The van der Waals surface area contributed by atoms with Gasteiger partial charge in [0.2, 0.25) is 5.91 Å². The summed E-state index contributed by atoms with van der Waals surface area (Å²) in [4.78, 5) is 25.2. The number of carbonyl (C=O) groups excluding carboxylic acids is 2. The lowest BCUT2D eigenvalue weighted by molar-refractivity contribution is -0.136. The van der Waals surface area contributed by atoms with Gasteiger partial charge in [-0.25, -0.2) is 4.79 Å². The third-order valence-corrected chi connectivity index (χ3v) is 3.92. The highest BCUT2D eigenvalue weighted by Crippen LogP contribution is 2.21. The van der Waals surface area contributed by atoms with E-state index in [0.29, 0.717) is 12.5 Å². The second-order valence-electron chi connectivity index (χ2n) is 5.11. The molecule has 102 valence electrons. The van der Waals surface area contributed by atoms with Gasteiger partial charge in [-0.3, -0.25) is 4.79 Å². The Morgan fingerprint density at radius 2 is 2.17 bits per heavy atom. The monoisotopic (exact) mass is 255 g/mol. The number of likely N-dealkylation sites (tertiary alicyclic amines) is 1. The molecule has 0 saturated carbocycles. The number of alkyl carbamates (subject to hydrolysis) is 1. The van der Waals surface area contributed by atoms with Crippen molar-refractivity contribution < 1.29 is 14.3 Å². The van der Waals surface area contributed by atoms with Gasteiger partial charge in [0.25, 0.3) is 0 Å². The van der Waals surface area contributed by atoms with Gasteiger partial charge in [0, 0.05) is 19.0 Å². The van der Waals surface area contributed by atoms with Gasteiger partial charge in [-0.05, 0) is 25.4 Å². The first-order chi connectivity index (χ1) is 8.61. The number of hydrogen-bond acceptors (Lipinski definition) is 4. The molecule has 0 radical (unpaired) electrons. The standard InChI is InChI=1S/C12H21N3O3/c1-8(9-5-13-6-9)11(16)15-4-3-10(7-15)14-12(17)18-2/h8-10,13H,3-7H2,1-2H3,(H,14,17). The van der Waals surface area contributed by atoms with Crippen molar-refractivity contribution in [1.29, 1.82) is 0 Å². The molecule has 6 nitrogen and oxygen atoms in total. The highest BCUT2D eigenvalue weighted by molar-refractivity contribution is 5.79. The topological polar surface area (TPSA) is 70.7 Å². The second-order valence-corrected chi connectivity index (χ2v) is 5.11. The van der Waals surface area contributed by atoms with Crippen LogP contribution in [0.2, 0.25) is 0 Å². The van der Waals surface area contributed by atoms with Crippen LogP contribution in [-0.2, 0) is 9.53 Å². The summed E-state index contributed by atoms with van der Waals surface area (Å²) in [7, 11) is 1.35. The summed E-state index contributed by atoms with van der Waals surface area (Å²) in [5, 5.41) is 5.93. The van der Waals surface area contributed by atoms with Crippen molar-refractivity contribution in [3.05, 3.63) is 0 Å². The van der Waals surface area contributed by atoms with Gasteiger partial charge in [-0.15, -0.1) is 0 Å². The third kappa shape index (κ3) is 2.75. The van der Waals surface area contributed by atoms with Gasteiger partial charge in [0.1, 0.15) is 0 Å². The zero-order chi connectivity index (χ0) is 13.1. The molecule has 0 spiro atoms. The van der Waals surface area contributed by atoms with E-state index in [1.54, 1.807) is 0 Å². The summed E-state index contributed by atoms with van der Waals surface area (Å²) < 4.78 is 4.56. The van der Waals surface area contributed by atoms with Crippen molar-refractivity contribution >= 4 is 12.0 Å². The van der Waals surface area contributed by atoms with Crippen molar-refractivity contribution in [2.45, 2.75) is 19.4 Å². The number of nitrogens with zero attached hydrogens (tertiary/aromatic N) is 1. The van der Waals surface area contributed by atoms with Crippen molar-refractivity contribution in [1.82, 2.24) is 15.5 Å². The van der Waals surface area contributed by atoms with E-state index in [9.17, 15) is 9.59 Å². The van der Waals surface area contributed by atoms with E-state index in [1.807, 2.05) is 11.8 Å². The molecular formula is C12H21N3O3. The Hall–Kier alpha value is -1.30. The SMILES string of the molecule is COC(=O)NC1CCN(C(=O)C(C)C2CNC2)C1. The maximum Gasteiger partial charge on any atom is 0.407 e. The van der Waals surface area contributed by atoms with Crippen LogP contribution in [0, 0.1) is 11.8 Å². The first kappa shape index (κ1) is 13.1. The average molecular weight is 255 g/mol. The normalized spacial score (nSPS) is 25.4. The molecule has 2 N–H and O–H groups in total. The number of ether oxygens (including phenoxy) is 1. The number of amides is 2. The molecule has 2 aliphatic rings. The van der Waals surface area contributed by atoms with Crippen molar-refractivity contribution in [2.24, 2.45) is 11.8 Å². The van der Waals surface area contributed by atoms with Crippen LogP contribution in [0.4, 0.5) is 4.79 Å². The summed E-state index contributed by atoms with van der Waals surface area (Å²) in [6.45, 7) is 5.18. The van der Waals surface area contributed by atoms with E-state index in [0.717, 1.165) is 26.1 Å². The van der Waals surface area contributed by atoms with Crippen LogP contribution >= 0.6 is 0 Å². The summed E-state index contributed by atoms with van der Waals surface area (Å²) in [6, 6.07) is 0.0214. The number of nitrogens with one attached hydrogen (secondary N) is 2. The minimum atomic E-state index is -0.425. The number of rotatable bonds is 3. The maximum atomic E-state index is 12.2. The lowest BCUT2D eigenvalue weighted by Crippen LogP contribution is -2.50. The van der Waals surface area contributed by atoms with E-state index in [-0.39, 0.29) is 17.9 Å². The van der Waals surface area contributed by atoms with E-state index in [1.165, 1.54) is 7.11 Å². The Kier molecular flexibility index (Phi) is 4.06. The largest absolute Gasteiger partial charge is 0.453 e. The Balaban J connectivity index is 1.80. The van der Waals surface area contributed by atoms with Crippen LogP contribution in [0.1, 0.15) is 13.3 Å².